The minimum atomic E-state index is -0.381. The Balaban J connectivity index is 2.63. The molecule has 0 aliphatic rings. The molecule has 0 saturated heterocycles. The summed E-state index contributed by atoms with van der Waals surface area (Å²) in [6.07, 6.45) is 0.583. The molecule has 3 nitrogen and oxygen atoms in total. The van der Waals surface area contributed by atoms with Gasteiger partial charge in [0.05, 0.1) is 6.54 Å². The molecule has 0 atom stereocenters. The van der Waals surface area contributed by atoms with Crippen molar-refractivity contribution in [3.63, 3.8) is 0 Å². The highest BCUT2D eigenvalue weighted by atomic mass is 35.5. The molecule has 0 bridgehead atoms. The fourth-order valence-corrected chi connectivity index (χ4v) is 1.85. The van der Waals surface area contributed by atoms with Crippen molar-refractivity contribution in [2.75, 3.05) is 20.1 Å². The van der Waals surface area contributed by atoms with Crippen LogP contribution in [0.2, 0.25) is 5.02 Å². The average Bonchev–Trinajstić information content (AvgIpc) is 2.20. The van der Waals surface area contributed by atoms with Crippen molar-refractivity contribution in [2.24, 2.45) is 5.73 Å². The lowest BCUT2D eigenvalue weighted by atomic mass is 10.1. The highest BCUT2D eigenvalue weighted by Gasteiger charge is 2.08. The van der Waals surface area contributed by atoms with Crippen LogP contribution in [0, 0.1) is 12.7 Å². The molecule has 1 rings (SSSR count). The molecule has 5 heteroatoms. The summed E-state index contributed by atoms with van der Waals surface area (Å²) >= 11 is 6.01. The van der Waals surface area contributed by atoms with E-state index in [4.69, 9.17) is 17.3 Å². The fraction of sp³-hybridized carbons (Fsp3) is 0.417. The van der Waals surface area contributed by atoms with E-state index in [2.05, 4.69) is 0 Å². The van der Waals surface area contributed by atoms with Crippen molar-refractivity contribution in [1.82, 2.24) is 4.90 Å². The minimum Gasteiger partial charge on any atom is -0.369 e. The van der Waals surface area contributed by atoms with E-state index in [0.717, 1.165) is 5.56 Å². The van der Waals surface area contributed by atoms with Gasteiger partial charge in [0.25, 0.3) is 0 Å². The normalized spacial score (nSPS) is 10.9. The number of hydrogen-bond acceptors (Lipinski definition) is 2. The van der Waals surface area contributed by atoms with Gasteiger partial charge in [-0.3, -0.25) is 9.69 Å². The van der Waals surface area contributed by atoms with Gasteiger partial charge in [0.2, 0.25) is 5.91 Å². The summed E-state index contributed by atoms with van der Waals surface area (Å²) in [6.45, 7) is 2.46. The fourth-order valence-electron chi connectivity index (χ4n) is 1.54. The van der Waals surface area contributed by atoms with Gasteiger partial charge in [-0.05, 0) is 43.7 Å². The van der Waals surface area contributed by atoms with Crippen molar-refractivity contribution in [3.05, 3.63) is 34.1 Å². The summed E-state index contributed by atoms with van der Waals surface area (Å²) in [4.78, 5) is 12.5. The Morgan fingerprint density at radius 2 is 2.18 bits per heavy atom. The number of halogens is 2. The lowest BCUT2D eigenvalue weighted by Crippen LogP contribution is -2.32. The number of nitrogens with two attached hydrogens (primary N) is 1. The Kier molecular flexibility index (Phi) is 4.90. The highest BCUT2D eigenvalue weighted by Crippen LogP contribution is 2.20. The summed E-state index contributed by atoms with van der Waals surface area (Å²) in [5, 5.41) is 0.552. The molecular weight excluding hydrogens is 243 g/mol. The molecule has 0 aliphatic carbocycles. The first-order valence-electron chi connectivity index (χ1n) is 5.31. The van der Waals surface area contributed by atoms with E-state index in [-0.39, 0.29) is 18.3 Å². The third-order valence-electron chi connectivity index (χ3n) is 2.52. The summed E-state index contributed by atoms with van der Waals surface area (Å²) in [5.74, 6) is -0.643. The number of aryl methyl sites for hydroxylation is 1. The predicted octanol–water partition coefficient (Wildman–Crippen LogP) is 1.75. The van der Waals surface area contributed by atoms with Crippen LogP contribution in [0.3, 0.4) is 0 Å². The van der Waals surface area contributed by atoms with Crippen molar-refractivity contribution in [1.29, 1.82) is 0 Å². The average molecular weight is 259 g/mol. The summed E-state index contributed by atoms with van der Waals surface area (Å²) < 4.78 is 13.3. The number of amides is 1. The maximum atomic E-state index is 13.3. The Morgan fingerprint density at radius 1 is 1.53 bits per heavy atom. The third-order valence-corrected chi connectivity index (χ3v) is 2.87. The molecule has 1 amide bonds. The summed E-state index contributed by atoms with van der Waals surface area (Å²) in [5.41, 5.74) is 6.34. The second kappa shape index (κ2) is 5.98. The van der Waals surface area contributed by atoms with Gasteiger partial charge >= 0.3 is 0 Å². The Hall–Kier alpha value is -1.13. The van der Waals surface area contributed by atoms with Gasteiger partial charge in [-0.2, -0.15) is 0 Å². The molecule has 17 heavy (non-hydrogen) atoms. The van der Waals surface area contributed by atoms with Gasteiger partial charge in [-0.1, -0.05) is 11.6 Å². The first kappa shape index (κ1) is 13.9. The molecule has 1 aromatic carbocycles. The van der Waals surface area contributed by atoms with Gasteiger partial charge < -0.3 is 5.73 Å². The number of hydrogen-bond donors (Lipinski definition) is 1. The van der Waals surface area contributed by atoms with Crippen LogP contribution in [0.25, 0.3) is 0 Å². The molecule has 0 spiro atoms. The quantitative estimate of drug-likeness (QED) is 0.875. The van der Waals surface area contributed by atoms with Gasteiger partial charge in [0.15, 0.2) is 0 Å². The number of carbonyl (C=O) groups excluding carboxylic acids is 1. The second-order valence-corrected chi connectivity index (χ2v) is 4.55. The number of primary amides is 1. The predicted molar refractivity (Wildman–Crippen MR) is 66.5 cm³/mol. The zero-order valence-corrected chi connectivity index (χ0v) is 10.7. The van der Waals surface area contributed by atoms with Crippen LogP contribution in [0.4, 0.5) is 4.39 Å². The van der Waals surface area contributed by atoms with Crippen LogP contribution in [0.1, 0.15) is 11.1 Å². The van der Waals surface area contributed by atoms with E-state index in [1.165, 1.54) is 6.07 Å². The topological polar surface area (TPSA) is 46.3 Å². The van der Waals surface area contributed by atoms with Crippen LogP contribution in [0.5, 0.6) is 0 Å². The molecule has 0 saturated carbocycles. The molecule has 94 valence electrons. The molecule has 0 aliphatic heterocycles. The van der Waals surface area contributed by atoms with Crippen LogP contribution in [-0.4, -0.2) is 30.9 Å². The second-order valence-electron chi connectivity index (χ2n) is 4.15. The van der Waals surface area contributed by atoms with E-state index in [0.29, 0.717) is 23.6 Å². The molecule has 0 radical (unpaired) electrons. The van der Waals surface area contributed by atoms with Crippen LogP contribution in [-0.2, 0) is 11.2 Å². The molecule has 0 aromatic heterocycles. The molecule has 0 heterocycles. The Labute approximate surface area is 105 Å². The number of likely N-dealkylation sites (N-methyl/N-ethyl adjacent to an activating group) is 1. The maximum Gasteiger partial charge on any atom is 0.231 e. The summed E-state index contributed by atoms with van der Waals surface area (Å²) in [7, 11) is 1.78. The van der Waals surface area contributed by atoms with Crippen molar-refractivity contribution < 1.29 is 9.18 Å². The zero-order valence-electron chi connectivity index (χ0n) is 9.96. The van der Waals surface area contributed by atoms with Gasteiger partial charge in [-0.25, -0.2) is 4.39 Å². The van der Waals surface area contributed by atoms with E-state index in [1.807, 2.05) is 0 Å². The van der Waals surface area contributed by atoms with Crippen molar-refractivity contribution >= 4 is 17.5 Å². The van der Waals surface area contributed by atoms with Gasteiger partial charge in [-0.15, -0.1) is 0 Å². The molecule has 1 aromatic rings. The van der Waals surface area contributed by atoms with Crippen LogP contribution in [0.15, 0.2) is 12.1 Å². The van der Waals surface area contributed by atoms with Crippen LogP contribution >= 0.6 is 11.6 Å². The number of carbonyl (C=O) groups is 1. The van der Waals surface area contributed by atoms with Crippen LogP contribution < -0.4 is 5.73 Å². The van der Waals surface area contributed by atoms with E-state index in [1.54, 1.807) is 24.9 Å². The maximum absolute atomic E-state index is 13.3. The number of rotatable bonds is 5. The highest BCUT2D eigenvalue weighted by molar-refractivity contribution is 6.31. The summed E-state index contributed by atoms with van der Waals surface area (Å²) in [6, 6.07) is 3.05. The molecule has 2 N–H and O–H groups in total. The largest absolute Gasteiger partial charge is 0.369 e. The minimum absolute atomic E-state index is 0.186. The monoisotopic (exact) mass is 258 g/mol. The third kappa shape index (κ3) is 4.32. The van der Waals surface area contributed by atoms with E-state index in [9.17, 15) is 9.18 Å². The van der Waals surface area contributed by atoms with E-state index < -0.39 is 0 Å². The molecular formula is C12H16ClFN2O. The van der Waals surface area contributed by atoms with Crippen molar-refractivity contribution in [2.45, 2.75) is 13.3 Å². The zero-order chi connectivity index (χ0) is 13.0. The molecule has 0 fully saturated rings. The Morgan fingerprint density at radius 3 is 2.76 bits per heavy atom. The Bertz CT molecular complexity index is 423. The SMILES string of the molecule is Cc1cc(Cl)c(CCN(C)CC(N)=O)cc1F. The number of benzene rings is 1. The lowest BCUT2D eigenvalue weighted by Gasteiger charge is -2.15. The van der Waals surface area contributed by atoms with E-state index >= 15 is 0 Å². The van der Waals surface area contributed by atoms with Gasteiger partial charge in [0.1, 0.15) is 5.82 Å². The number of nitrogens with zero attached hydrogens (tertiary/aromatic N) is 1. The first-order valence-corrected chi connectivity index (χ1v) is 5.69. The van der Waals surface area contributed by atoms with Crippen molar-refractivity contribution in [3.8, 4) is 0 Å². The standard InChI is InChI=1S/C12H16ClFN2O/c1-8-5-10(13)9(6-11(8)14)3-4-16(2)7-12(15)17/h5-6H,3-4,7H2,1-2H3,(H2,15,17). The van der Waals surface area contributed by atoms with Gasteiger partial charge in [0, 0.05) is 11.6 Å². The molecule has 0 unspecified atom stereocenters. The lowest BCUT2D eigenvalue weighted by molar-refractivity contribution is -0.118. The first-order chi connectivity index (χ1) is 7.90. The smallest absolute Gasteiger partial charge is 0.231 e.